The summed E-state index contributed by atoms with van der Waals surface area (Å²) in [6.07, 6.45) is 2.16. The standard InChI is InChI=1S/C13H18N2O5.C8H9NO3/c1-13(2,3)20-12(17)15-9-7-14-8(11(16)19-5)6-10(9)18-4;1-11-6-3-4-9-7(5-6)8(10)12-2/h6-7H,1-5H3,(H,15,17);3-5H,1-2H3. The summed E-state index contributed by atoms with van der Waals surface area (Å²) >= 11 is 0. The molecule has 0 atom stereocenters. The average Bonchev–Trinajstić information content (AvgIpc) is 2.77. The maximum atomic E-state index is 11.7. The lowest BCUT2D eigenvalue weighted by Crippen LogP contribution is -2.27. The Kier molecular flexibility index (Phi) is 9.87. The van der Waals surface area contributed by atoms with Crippen molar-refractivity contribution in [3.8, 4) is 11.5 Å². The number of ether oxygens (including phenoxy) is 5. The minimum Gasteiger partial charge on any atom is -0.497 e. The molecule has 174 valence electrons. The number of nitrogens with one attached hydrogen (secondary N) is 1. The van der Waals surface area contributed by atoms with Gasteiger partial charge in [-0.1, -0.05) is 0 Å². The highest BCUT2D eigenvalue weighted by Crippen LogP contribution is 2.24. The zero-order chi connectivity index (χ0) is 24.3. The lowest BCUT2D eigenvalue weighted by molar-refractivity contribution is 0.0585. The second-order valence-electron chi connectivity index (χ2n) is 6.96. The SMILES string of the molecule is COC(=O)c1cc(OC)c(NC(=O)OC(C)(C)C)cn1.COC(=O)c1cc(OC)ccn1. The summed E-state index contributed by atoms with van der Waals surface area (Å²) in [5, 5.41) is 2.50. The molecule has 11 nitrogen and oxygen atoms in total. The van der Waals surface area contributed by atoms with Crippen molar-refractivity contribution < 1.29 is 38.1 Å². The van der Waals surface area contributed by atoms with E-state index in [2.05, 4.69) is 24.8 Å². The number of esters is 2. The highest BCUT2D eigenvalue weighted by Gasteiger charge is 2.19. The van der Waals surface area contributed by atoms with Crippen LogP contribution in [0.15, 0.2) is 30.6 Å². The summed E-state index contributed by atoms with van der Waals surface area (Å²) in [7, 11) is 5.50. The van der Waals surface area contributed by atoms with E-state index >= 15 is 0 Å². The number of hydrogen-bond donors (Lipinski definition) is 1. The van der Waals surface area contributed by atoms with E-state index in [4.69, 9.17) is 14.2 Å². The summed E-state index contributed by atoms with van der Waals surface area (Å²) in [5.41, 5.74) is 0.0156. The number of amides is 1. The van der Waals surface area contributed by atoms with E-state index in [1.54, 1.807) is 26.8 Å². The molecule has 32 heavy (non-hydrogen) atoms. The van der Waals surface area contributed by atoms with Crippen LogP contribution in [0.4, 0.5) is 10.5 Å². The van der Waals surface area contributed by atoms with Crippen LogP contribution >= 0.6 is 0 Å². The molecule has 2 rings (SSSR count). The Balaban J connectivity index is 0.000000363. The number of carbonyl (C=O) groups excluding carboxylic acids is 3. The molecule has 0 spiro atoms. The molecule has 1 amide bonds. The number of aromatic nitrogens is 2. The molecule has 0 aliphatic heterocycles. The fourth-order valence-electron chi connectivity index (χ4n) is 2.08. The van der Waals surface area contributed by atoms with Crippen molar-refractivity contribution in [2.24, 2.45) is 0 Å². The summed E-state index contributed by atoms with van der Waals surface area (Å²) in [6, 6.07) is 4.55. The predicted octanol–water partition coefficient (Wildman–Crippen LogP) is 3.10. The molecule has 11 heteroatoms. The molecule has 0 bridgehead atoms. The molecule has 0 saturated heterocycles. The first-order chi connectivity index (χ1) is 15.0. The summed E-state index contributed by atoms with van der Waals surface area (Å²) in [6.45, 7) is 5.26. The maximum absolute atomic E-state index is 11.7. The van der Waals surface area contributed by atoms with Crippen molar-refractivity contribution in [3.63, 3.8) is 0 Å². The summed E-state index contributed by atoms with van der Waals surface area (Å²) < 4.78 is 24.1. The lowest BCUT2D eigenvalue weighted by atomic mass is 10.2. The molecule has 0 aliphatic rings. The first-order valence-electron chi connectivity index (χ1n) is 9.25. The van der Waals surface area contributed by atoms with Gasteiger partial charge in [0.1, 0.15) is 22.8 Å². The number of nitrogens with zero attached hydrogens (tertiary/aromatic N) is 2. The Morgan fingerprint density at radius 2 is 1.47 bits per heavy atom. The molecule has 1 N–H and O–H groups in total. The number of hydrogen-bond acceptors (Lipinski definition) is 10. The summed E-state index contributed by atoms with van der Waals surface area (Å²) in [5.74, 6) is -0.183. The van der Waals surface area contributed by atoms with Crippen LogP contribution in [-0.2, 0) is 14.2 Å². The van der Waals surface area contributed by atoms with E-state index in [9.17, 15) is 14.4 Å². The number of anilines is 1. The van der Waals surface area contributed by atoms with Crippen molar-refractivity contribution in [1.29, 1.82) is 0 Å². The molecule has 2 heterocycles. The fraction of sp³-hybridized carbons (Fsp3) is 0.381. The van der Waals surface area contributed by atoms with Crippen LogP contribution in [0.2, 0.25) is 0 Å². The van der Waals surface area contributed by atoms with Gasteiger partial charge in [-0.15, -0.1) is 0 Å². The molecule has 0 aromatic carbocycles. The minimum absolute atomic E-state index is 0.0825. The van der Waals surface area contributed by atoms with E-state index in [0.717, 1.165) is 0 Å². The highest BCUT2D eigenvalue weighted by atomic mass is 16.6. The Morgan fingerprint density at radius 3 is 1.97 bits per heavy atom. The minimum atomic E-state index is -0.636. The molecule has 0 aliphatic carbocycles. The van der Waals surface area contributed by atoms with Gasteiger partial charge < -0.3 is 23.7 Å². The first-order valence-corrected chi connectivity index (χ1v) is 9.25. The van der Waals surface area contributed by atoms with Crippen molar-refractivity contribution in [3.05, 3.63) is 42.0 Å². The topological polar surface area (TPSA) is 135 Å². The smallest absolute Gasteiger partial charge is 0.412 e. The van der Waals surface area contributed by atoms with E-state index in [1.807, 2.05) is 0 Å². The molecule has 0 fully saturated rings. The monoisotopic (exact) mass is 449 g/mol. The van der Waals surface area contributed by atoms with Gasteiger partial charge in [0.05, 0.1) is 34.6 Å². The van der Waals surface area contributed by atoms with Crippen LogP contribution in [0, 0.1) is 0 Å². The maximum Gasteiger partial charge on any atom is 0.412 e. The van der Waals surface area contributed by atoms with Gasteiger partial charge in [-0.25, -0.2) is 24.4 Å². The predicted molar refractivity (Wildman–Crippen MR) is 114 cm³/mol. The molecule has 2 aromatic heterocycles. The van der Waals surface area contributed by atoms with Crippen molar-refractivity contribution in [2.75, 3.05) is 33.8 Å². The van der Waals surface area contributed by atoms with Crippen LogP contribution in [0.1, 0.15) is 41.7 Å². The molecule has 2 aromatic rings. The van der Waals surface area contributed by atoms with E-state index in [0.29, 0.717) is 11.4 Å². The number of rotatable bonds is 5. The number of pyridine rings is 2. The van der Waals surface area contributed by atoms with Crippen LogP contribution in [0.25, 0.3) is 0 Å². The van der Waals surface area contributed by atoms with Crippen LogP contribution in [0.5, 0.6) is 11.5 Å². The van der Waals surface area contributed by atoms with Gasteiger partial charge in [0.2, 0.25) is 0 Å². The van der Waals surface area contributed by atoms with Crippen molar-refractivity contribution >= 4 is 23.7 Å². The molecule has 0 radical (unpaired) electrons. The van der Waals surface area contributed by atoms with Gasteiger partial charge in [0, 0.05) is 18.3 Å². The van der Waals surface area contributed by atoms with Gasteiger partial charge in [-0.3, -0.25) is 5.32 Å². The molecule has 0 unspecified atom stereocenters. The van der Waals surface area contributed by atoms with E-state index in [1.165, 1.54) is 53.0 Å². The zero-order valence-corrected chi connectivity index (χ0v) is 19.0. The fourth-order valence-corrected chi connectivity index (χ4v) is 2.08. The normalized spacial score (nSPS) is 10.1. The number of carbonyl (C=O) groups is 3. The third-order valence-corrected chi connectivity index (χ3v) is 3.48. The highest BCUT2D eigenvalue weighted by molar-refractivity contribution is 5.91. The van der Waals surface area contributed by atoms with E-state index in [-0.39, 0.29) is 17.1 Å². The zero-order valence-electron chi connectivity index (χ0n) is 19.0. The second kappa shape index (κ2) is 12.1. The van der Waals surface area contributed by atoms with Gasteiger partial charge in [0.15, 0.2) is 11.4 Å². The van der Waals surface area contributed by atoms with Gasteiger partial charge in [-0.05, 0) is 26.8 Å². The molecular formula is C21H27N3O8. The lowest BCUT2D eigenvalue weighted by Gasteiger charge is -2.20. The Labute approximate surface area is 186 Å². The Bertz CT molecular complexity index is 941. The quantitative estimate of drug-likeness (QED) is 0.536. The second-order valence-corrected chi connectivity index (χ2v) is 6.96. The number of methoxy groups -OCH3 is 4. The van der Waals surface area contributed by atoms with Gasteiger partial charge in [-0.2, -0.15) is 0 Å². The first kappa shape index (κ1) is 26.1. The van der Waals surface area contributed by atoms with Crippen molar-refractivity contribution in [1.82, 2.24) is 9.97 Å². The molecule has 0 saturated carbocycles. The van der Waals surface area contributed by atoms with Gasteiger partial charge >= 0.3 is 18.0 Å². The van der Waals surface area contributed by atoms with Gasteiger partial charge in [0.25, 0.3) is 0 Å². The van der Waals surface area contributed by atoms with Crippen molar-refractivity contribution in [2.45, 2.75) is 26.4 Å². The van der Waals surface area contributed by atoms with Crippen LogP contribution < -0.4 is 14.8 Å². The third-order valence-electron chi connectivity index (χ3n) is 3.48. The van der Waals surface area contributed by atoms with E-state index < -0.39 is 23.6 Å². The average molecular weight is 449 g/mol. The summed E-state index contributed by atoms with van der Waals surface area (Å²) in [4.78, 5) is 41.6. The van der Waals surface area contributed by atoms with Crippen LogP contribution in [-0.4, -0.2) is 62.0 Å². The Morgan fingerprint density at radius 1 is 0.875 bits per heavy atom. The largest absolute Gasteiger partial charge is 0.497 e. The Hall–Kier alpha value is -3.89. The third kappa shape index (κ3) is 8.46. The molecular weight excluding hydrogens is 422 g/mol. The van der Waals surface area contributed by atoms with Crippen LogP contribution in [0.3, 0.4) is 0 Å².